The Labute approximate surface area is 206 Å². The summed E-state index contributed by atoms with van der Waals surface area (Å²) in [6.07, 6.45) is -3.45. The van der Waals surface area contributed by atoms with Crippen LogP contribution in [0.4, 0.5) is 13.2 Å². The first-order valence-corrected chi connectivity index (χ1v) is 11.5. The minimum Gasteiger partial charge on any atom is -0.496 e. The third-order valence-corrected chi connectivity index (χ3v) is 6.44. The summed E-state index contributed by atoms with van der Waals surface area (Å²) in [5.41, 5.74) is -1.97. The zero-order valence-electron chi connectivity index (χ0n) is 18.4. The molecule has 0 aliphatic carbocycles. The van der Waals surface area contributed by atoms with E-state index in [0.29, 0.717) is 16.3 Å². The Hall–Kier alpha value is -3.37. The molecule has 1 aliphatic heterocycles. The molecule has 0 fully saturated rings. The summed E-state index contributed by atoms with van der Waals surface area (Å²) >= 11 is 6.75. The topological polar surface area (TPSA) is 69.9 Å². The van der Waals surface area contributed by atoms with Crippen LogP contribution in [-0.2, 0) is 9.53 Å². The predicted octanol–water partition coefficient (Wildman–Crippen LogP) is 4.00. The van der Waals surface area contributed by atoms with Gasteiger partial charge in [-0.15, -0.1) is 0 Å². The standard InChI is InChI=1S/C24H18ClF3N2O4S/c1-3-34-22(32)18-19(13-8-10-15(25)11-9-13)30-21(31)17(12-14-6-4-5-7-16(14)33-2)35-23(30)29-20(18)24(26,27)28/h4-12,19H,3H2,1-2H3/b17-12+/t19-/m0/s1. The SMILES string of the molecule is CCOC(=O)C1=C(C(F)(F)F)N=c2s/c(=C/c3ccccc3OC)c(=O)n2[C@H]1c1ccc(Cl)cc1. The van der Waals surface area contributed by atoms with Gasteiger partial charge >= 0.3 is 12.1 Å². The Kier molecular flexibility index (Phi) is 6.86. The van der Waals surface area contributed by atoms with E-state index in [1.54, 1.807) is 24.3 Å². The number of hydrogen-bond donors (Lipinski definition) is 0. The van der Waals surface area contributed by atoms with Crippen LogP contribution < -0.4 is 19.6 Å². The molecule has 0 saturated heterocycles. The molecule has 1 aliphatic rings. The predicted molar refractivity (Wildman–Crippen MR) is 125 cm³/mol. The van der Waals surface area contributed by atoms with E-state index >= 15 is 0 Å². The highest BCUT2D eigenvalue weighted by molar-refractivity contribution is 7.07. The molecular weight excluding hydrogens is 505 g/mol. The van der Waals surface area contributed by atoms with Gasteiger partial charge in [-0.25, -0.2) is 9.79 Å². The molecule has 1 atom stereocenters. The minimum atomic E-state index is -4.97. The normalized spacial score (nSPS) is 16.1. The summed E-state index contributed by atoms with van der Waals surface area (Å²) < 4.78 is 53.8. The second-order valence-corrected chi connectivity index (χ2v) is 8.80. The summed E-state index contributed by atoms with van der Waals surface area (Å²) in [5.74, 6) is -0.724. The van der Waals surface area contributed by atoms with Crippen molar-refractivity contribution in [3.63, 3.8) is 0 Å². The van der Waals surface area contributed by atoms with Crippen molar-refractivity contribution in [1.82, 2.24) is 4.57 Å². The monoisotopic (exact) mass is 522 g/mol. The van der Waals surface area contributed by atoms with Gasteiger partial charge in [0.05, 0.1) is 29.9 Å². The van der Waals surface area contributed by atoms with Gasteiger partial charge in [0.15, 0.2) is 10.5 Å². The van der Waals surface area contributed by atoms with Gasteiger partial charge in [-0.05, 0) is 36.8 Å². The van der Waals surface area contributed by atoms with E-state index < -0.39 is 35.0 Å². The highest BCUT2D eigenvalue weighted by Gasteiger charge is 2.45. The average Bonchev–Trinajstić information content (AvgIpc) is 3.13. The van der Waals surface area contributed by atoms with Crippen molar-refractivity contribution >= 4 is 35.0 Å². The highest BCUT2D eigenvalue weighted by atomic mass is 35.5. The Morgan fingerprint density at radius 1 is 1.20 bits per heavy atom. The van der Waals surface area contributed by atoms with E-state index in [1.807, 2.05) is 0 Å². The smallest absolute Gasteiger partial charge is 0.434 e. The van der Waals surface area contributed by atoms with Gasteiger partial charge < -0.3 is 9.47 Å². The van der Waals surface area contributed by atoms with Gasteiger partial charge in [0.2, 0.25) is 0 Å². The number of para-hydroxylation sites is 1. The fourth-order valence-electron chi connectivity index (χ4n) is 3.73. The van der Waals surface area contributed by atoms with Crippen LogP contribution >= 0.6 is 22.9 Å². The van der Waals surface area contributed by atoms with E-state index in [1.165, 1.54) is 44.4 Å². The molecule has 0 spiro atoms. The van der Waals surface area contributed by atoms with Crippen LogP contribution in [0.1, 0.15) is 24.1 Å². The minimum absolute atomic E-state index is 0.124. The number of benzene rings is 2. The average molecular weight is 523 g/mol. The highest BCUT2D eigenvalue weighted by Crippen LogP contribution is 2.38. The molecule has 11 heteroatoms. The van der Waals surface area contributed by atoms with E-state index in [2.05, 4.69) is 4.99 Å². The molecule has 0 saturated carbocycles. The van der Waals surface area contributed by atoms with Gasteiger partial charge in [-0.1, -0.05) is 53.3 Å². The second kappa shape index (κ2) is 9.71. The molecule has 2 heterocycles. The number of alkyl halides is 3. The quantitative estimate of drug-likeness (QED) is 0.475. The molecule has 2 aromatic carbocycles. The number of halogens is 4. The molecule has 0 amide bonds. The van der Waals surface area contributed by atoms with E-state index in [4.69, 9.17) is 21.1 Å². The molecule has 0 unspecified atom stereocenters. The summed E-state index contributed by atoms with van der Waals surface area (Å²) in [6, 6.07) is 11.3. The number of methoxy groups -OCH3 is 1. The van der Waals surface area contributed by atoms with E-state index in [0.717, 1.165) is 15.9 Å². The number of aromatic nitrogens is 1. The lowest BCUT2D eigenvalue weighted by atomic mass is 9.95. The largest absolute Gasteiger partial charge is 0.496 e. The van der Waals surface area contributed by atoms with E-state index in [9.17, 15) is 22.8 Å². The number of rotatable bonds is 5. The number of esters is 1. The third kappa shape index (κ3) is 4.76. The van der Waals surface area contributed by atoms with E-state index in [-0.39, 0.29) is 21.5 Å². The van der Waals surface area contributed by atoms with Crippen LogP contribution in [0.2, 0.25) is 5.02 Å². The van der Waals surface area contributed by atoms with Crippen molar-refractivity contribution in [1.29, 1.82) is 0 Å². The number of nitrogens with zero attached hydrogens (tertiary/aromatic N) is 2. The van der Waals surface area contributed by atoms with Crippen LogP contribution in [0, 0.1) is 0 Å². The molecule has 0 radical (unpaired) electrons. The molecule has 0 N–H and O–H groups in total. The van der Waals surface area contributed by atoms with Crippen LogP contribution in [0.3, 0.4) is 0 Å². The fraction of sp³-hybridized carbons (Fsp3) is 0.208. The summed E-state index contributed by atoms with van der Waals surface area (Å²) in [7, 11) is 1.47. The molecule has 4 rings (SSSR count). The van der Waals surface area contributed by atoms with Crippen molar-refractivity contribution in [3.05, 3.63) is 95.6 Å². The van der Waals surface area contributed by atoms with Gasteiger partial charge in [0.25, 0.3) is 5.56 Å². The molecule has 6 nitrogen and oxygen atoms in total. The Morgan fingerprint density at radius 3 is 2.51 bits per heavy atom. The summed E-state index contributed by atoms with van der Waals surface area (Å²) in [6.45, 7) is 1.32. The number of ether oxygens (including phenoxy) is 2. The van der Waals surface area contributed by atoms with Gasteiger partial charge in [0.1, 0.15) is 5.75 Å². The number of carbonyl (C=O) groups is 1. The van der Waals surface area contributed by atoms with Crippen molar-refractivity contribution in [3.8, 4) is 5.75 Å². The summed E-state index contributed by atoms with van der Waals surface area (Å²) in [5, 5.41) is 0.343. The molecule has 3 aromatic rings. The lowest BCUT2D eigenvalue weighted by molar-refractivity contribution is -0.140. The maximum atomic E-state index is 14.1. The lowest BCUT2D eigenvalue weighted by Gasteiger charge is -2.26. The first-order chi connectivity index (χ1) is 16.7. The Bertz CT molecular complexity index is 1490. The number of allylic oxidation sites excluding steroid dienone is 1. The van der Waals surface area contributed by atoms with Gasteiger partial charge in [-0.3, -0.25) is 9.36 Å². The van der Waals surface area contributed by atoms with Crippen molar-refractivity contribution in [2.24, 2.45) is 4.99 Å². The van der Waals surface area contributed by atoms with Crippen LogP contribution in [-0.4, -0.2) is 30.4 Å². The Balaban J connectivity index is 2.06. The fourth-order valence-corrected chi connectivity index (χ4v) is 4.85. The second-order valence-electron chi connectivity index (χ2n) is 7.36. The van der Waals surface area contributed by atoms with Crippen molar-refractivity contribution in [2.45, 2.75) is 19.1 Å². The van der Waals surface area contributed by atoms with Crippen LogP contribution in [0.25, 0.3) is 6.08 Å². The lowest BCUT2D eigenvalue weighted by Crippen LogP contribution is -2.41. The first kappa shape index (κ1) is 24.7. The molecule has 0 bridgehead atoms. The molecule has 35 heavy (non-hydrogen) atoms. The zero-order chi connectivity index (χ0) is 25.3. The van der Waals surface area contributed by atoms with Crippen LogP contribution in [0.5, 0.6) is 5.75 Å². The van der Waals surface area contributed by atoms with Crippen LogP contribution in [0.15, 0.2) is 69.6 Å². The molecule has 1 aromatic heterocycles. The molecular formula is C24H18ClF3N2O4S. The molecule has 182 valence electrons. The maximum absolute atomic E-state index is 14.1. The maximum Gasteiger partial charge on any atom is 0.434 e. The summed E-state index contributed by atoms with van der Waals surface area (Å²) in [4.78, 5) is 29.8. The van der Waals surface area contributed by atoms with Gasteiger partial charge in [-0.2, -0.15) is 13.2 Å². The van der Waals surface area contributed by atoms with Crippen molar-refractivity contribution in [2.75, 3.05) is 13.7 Å². The number of hydrogen-bond acceptors (Lipinski definition) is 6. The number of carbonyl (C=O) groups excluding carboxylic acids is 1. The third-order valence-electron chi connectivity index (χ3n) is 5.21. The van der Waals surface area contributed by atoms with Crippen molar-refractivity contribution < 1.29 is 27.4 Å². The number of thiazole rings is 1. The van der Waals surface area contributed by atoms with Gasteiger partial charge in [0, 0.05) is 10.6 Å². The first-order valence-electron chi connectivity index (χ1n) is 10.3. The Morgan fingerprint density at radius 2 is 1.89 bits per heavy atom. The number of fused-ring (bicyclic) bond motifs is 1. The zero-order valence-corrected chi connectivity index (χ0v) is 20.0.